The maximum absolute atomic E-state index is 13.6. The number of halogens is 1. The average Bonchev–Trinajstić information content (AvgIpc) is 2.41. The topological polar surface area (TPSA) is 70.1 Å². The molecule has 0 radical (unpaired) electrons. The third kappa shape index (κ3) is 4.68. The largest absolute Gasteiger partial charge is 0.341 e. The van der Waals surface area contributed by atoms with Gasteiger partial charge in [0, 0.05) is 25.6 Å². The summed E-state index contributed by atoms with van der Waals surface area (Å²) in [5, 5.41) is 8.77. The fraction of sp³-hybridized carbons (Fsp3) is 0.429. The van der Waals surface area contributed by atoms with Crippen molar-refractivity contribution in [3.63, 3.8) is 0 Å². The number of benzene rings is 1. The van der Waals surface area contributed by atoms with Crippen LogP contribution in [0.15, 0.2) is 18.2 Å². The summed E-state index contributed by atoms with van der Waals surface area (Å²) < 4.78 is 13.6. The molecule has 5 heteroatoms. The van der Waals surface area contributed by atoms with Gasteiger partial charge in [-0.2, -0.15) is 5.26 Å². The van der Waals surface area contributed by atoms with Gasteiger partial charge in [-0.1, -0.05) is 0 Å². The van der Waals surface area contributed by atoms with Gasteiger partial charge in [-0.3, -0.25) is 4.79 Å². The molecule has 0 spiro atoms. The van der Waals surface area contributed by atoms with E-state index in [4.69, 9.17) is 11.0 Å². The van der Waals surface area contributed by atoms with E-state index in [2.05, 4.69) is 0 Å². The Morgan fingerprint density at radius 2 is 2.21 bits per heavy atom. The van der Waals surface area contributed by atoms with Crippen molar-refractivity contribution in [1.82, 2.24) is 4.90 Å². The Bertz CT molecular complexity index is 482. The van der Waals surface area contributed by atoms with E-state index in [1.807, 2.05) is 6.07 Å². The molecule has 0 saturated carbocycles. The van der Waals surface area contributed by atoms with Gasteiger partial charge < -0.3 is 10.6 Å². The summed E-state index contributed by atoms with van der Waals surface area (Å²) in [5.41, 5.74) is 6.11. The number of nitrogens with zero attached hydrogens (tertiary/aromatic N) is 2. The number of amides is 1. The number of nitrogens with two attached hydrogens (primary N) is 1. The molecule has 0 atom stereocenters. The minimum absolute atomic E-state index is 0.0461. The molecule has 0 bridgehead atoms. The molecule has 2 N–H and O–H groups in total. The van der Waals surface area contributed by atoms with Gasteiger partial charge in [-0.15, -0.1) is 0 Å². The van der Waals surface area contributed by atoms with Crippen molar-refractivity contribution >= 4 is 5.91 Å². The summed E-state index contributed by atoms with van der Waals surface area (Å²) in [7, 11) is 1.63. The lowest BCUT2D eigenvalue weighted by atomic mass is 10.1. The monoisotopic (exact) mass is 263 g/mol. The molecule has 0 aromatic heterocycles. The fourth-order valence-corrected chi connectivity index (χ4v) is 1.72. The predicted octanol–water partition coefficient (Wildman–Crippen LogP) is 1.78. The highest BCUT2D eigenvalue weighted by atomic mass is 19.1. The van der Waals surface area contributed by atoms with Crippen LogP contribution >= 0.6 is 0 Å². The van der Waals surface area contributed by atoms with Crippen LogP contribution in [0.4, 0.5) is 4.39 Å². The van der Waals surface area contributed by atoms with E-state index in [1.54, 1.807) is 7.05 Å². The molecular formula is C14H18FN3O. The number of hydrogen-bond acceptors (Lipinski definition) is 3. The Labute approximate surface area is 112 Å². The fourth-order valence-electron chi connectivity index (χ4n) is 1.72. The third-order valence-electron chi connectivity index (χ3n) is 2.85. The first kappa shape index (κ1) is 15.1. The maximum atomic E-state index is 13.6. The van der Waals surface area contributed by atoms with Crippen LogP contribution in [-0.2, 0) is 11.3 Å². The van der Waals surface area contributed by atoms with Crippen molar-refractivity contribution in [2.24, 2.45) is 5.73 Å². The van der Waals surface area contributed by atoms with Crippen LogP contribution in [-0.4, -0.2) is 24.4 Å². The number of nitriles is 1. The van der Waals surface area contributed by atoms with E-state index in [9.17, 15) is 9.18 Å². The van der Waals surface area contributed by atoms with E-state index in [0.29, 0.717) is 24.1 Å². The Balaban J connectivity index is 2.63. The van der Waals surface area contributed by atoms with Crippen LogP contribution in [0.25, 0.3) is 0 Å². The van der Waals surface area contributed by atoms with Gasteiger partial charge >= 0.3 is 0 Å². The van der Waals surface area contributed by atoms with Gasteiger partial charge in [0.2, 0.25) is 5.91 Å². The Morgan fingerprint density at radius 3 is 2.84 bits per heavy atom. The number of carbonyl (C=O) groups is 1. The van der Waals surface area contributed by atoms with Crippen LogP contribution in [0.2, 0.25) is 0 Å². The van der Waals surface area contributed by atoms with Crippen LogP contribution in [0.5, 0.6) is 0 Å². The van der Waals surface area contributed by atoms with E-state index >= 15 is 0 Å². The number of rotatable bonds is 6. The minimum atomic E-state index is -0.402. The van der Waals surface area contributed by atoms with Gasteiger partial charge in [0.15, 0.2) is 0 Å². The van der Waals surface area contributed by atoms with Crippen molar-refractivity contribution in [3.8, 4) is 6.07 Å². The molecule has 4 nitrogen and oxygen atoms in total. The molecule has 19 heavy (non-hydrogen) atoms. The highest BCUT2D eigenvalue weighted by Gasteiger charge is 2.12. The summed E-state index contributed by atoms with van der Waals surface area (Å²) >= 11 is 0. The normalized spacial score (nSPS) is 10.0. The van der Waals surface area contributed by atoms with Crippen molar-refractivity contribution in [2.75, 3.05) is 13.6 Å². The van der Waals surface area contributed by atoms with Crippen LogP contribution in [0.3, 0.4) is 0 Å². The number of unbranched alkanes of at least 4 members (excludes halogenated alkanes) is 1. The average molecular weight is 263 g/mol. The molecule has 1 rings (SSSR count). The van der Waals surface area contributed by atoms with Crippen LogP contribution in [0, 0.1) is 17.1 Å². The predicted molar refractivity (Wildman–Crippen MR) is 70.5 cm³/mol. The highest BCUT2D eigenvalue weighted by molar-refractivity contribution is 5.75. The second-order valence-electron chi connectivity index (χ2n) is 4.41. The first-order chi connectivity index (χ1) is 9.08. The molecule has 1 amide bonds. The quantitative estimate of drug-likeness (QED) is 0.795. The molecule has 0 aliphatic carbocycles. The standard InChI is InChI=1S/C14H18FN3O/c1-18(14(19)4-2-3-7-16)10-12-8-11(9-17)5-6-13(12)15/h5-6,8H,2-4,7,10,16H2,1H3. The van der Waals surface area contributed by atoms with Gasteiger partial charge in [0.1, 0.15) is 5.82 Å². The van der Waals surface area contributed by atoms with Crippen molar-refractivity contribution in [1.29, 1.82) is 5.26 Å². The molecule has 0 unspecified atom stereocenters. The molecule has 1 aromatic rings. The number of hydrogen-bond donors (Lipinski definition) is 1. The SMILES string of the molecule is CN(Cc1cc(C#N)ccc1F)C(=O)CCCCN. The summed E-state index contributed by atoms with van der Waals surface area (Å²) in [6, 6.07) is 6.10. The Hall–Kier alpha value is -1.93. The summed E-state index contributed by atoms with van der Waals surface area (Å²) in [6.45, 7) is 0.735. The molecule has 0 fully saturated rings. The smallest absolute Gasteiger partial charge is 0.222 e. The lowest BCUT2D eigenvalue weighted by Gasteiger charge is -2.17. The lowest BCUT2D eigenvalue weighted by molar-refractivity contribution is -0.130. The molecule has 0 heterocycles. The van der Waals surface area contributed by atoms with Gasteiger partial charge in [-0.25, -0.2) is 4.39 Å². The second-order valence-corrected chi connectivity index (χ2v) is 4.41. The minimum Gasteiger partial charge on any atom is -0.341 e. The first-order valence-electron chi connectivity index (χ1n) is 6.21. The van der Waals surface area contributed by atoms with Crippen LogP contribution in [0.1, 0.15) is 30.4 Å². The molecule has 0 aliphatic rings. The van der Waals surface area contributed by atoms with Crippen molar-refractivity contribution in [3.05, 3.63) is 35.1 Å². The molecular weight excluding hydrogens is 245 g/mol. The molecule has 0 saturated heterocycles. The zero-order chi connectivity index (χ0) is 14.3. The summed E-state index contributed by atoms with van der Waals surface area (Å²) in [4.78, 5) is 13.3. The van der Waals surface area contributed by atoms with Crippen molar-refractivity contribution < 1.29 is 9.18 Å². The van der Waals surface area contributed by atoms with Crippen molar-refractivity contribution in [2.45, 2.75) is 25.8 Å². The van der Waals surface area contributed by atoms with Gasteiger partial charge in [0.05, 0.1) is 11.6 Å². The third-order valence-corrected chi connectivity index (χ3v) is 2.85. The van der Waals surface area contributed by atoms with E-state index < -0.39 is 5.82 Å². The molecule has 1 aromatic carbocycles. The Kier molecular flexibility index (Phi) is 5.97. The maximum Gasteiger partial charge on any atom is 0.222 e. The Morgan fingerprint density at radius 1 is 1.47 bits per heavy atom. The van der Waals surface area contributed by atoms with Crippen LogP contribution < -0.4 is 5.73 Å². The zero-order valence-corrected chi connectivity index (χ0v) is 11.0. The summed E-state index contributed by atoms with van der Waals surface area (Å²) in [5.74, 6) is -0.448. The highest BCUT2D eigenvalue weighted by Crippen LogP contribution is 2.13. The molecule has 102 valence electrons. The second kappa shape index (κ2) is 7.49. The number of carbonyl (C=O) groups excluding carboxylic acids is 1. The zero-order valence-electron chi connectivity index (χ0n) is 11.0. The lowest BCUT2D eigenvalue weighted by Crippen LogP contribution is -2.26. The van der Waals surface area contributed by atoms with Gasteiger partial charge in [0.25, 0.3) is 0 Å². The molecule has 0 aliphatic heterocycles. The summed E-state index contributed by atoms with van der Waals surface area (Å²) in [6.07, 6.45) is 1.95. The van der Waals surface area contributed by atoms with E-state index in [0.717, 1.165) is 12.8 Å². The first-order valence-corrected chi connectivity index (χ1v) is 6.21. The van der Waals surface area contributed by atoms with E-state index in [-0.39, 0.29) is 12.5 Å². The van der Waals surface area contributed by atoms with E-state index in [1.165, 1.54) is 23.1 Å². The van der Waals surface area contributed by atoms with Gasteiger partial charge in [-0.05, 0) is 37.6 Å².